The van der Waals surface area contributed by atoms with Gasteiger partial charge in [0.2, 0.25) is 0 Å². The van der Waals surface area contributed by atoms with Crippen molar-refractivity contribution < 1.29 is 13.9 Å². The lowest BCUT2D eigenvalue weighted by atomic mass is 10.2. The summed E-state index contributed by atoms with van der Waals surface area (Å²) >= 11 is 5.62. The van der Waals surface area contributed by atoms with Gasteiger partial charge in [-0.2, -0.15) is 0 Å². The van der Waals surface area contributed by atoms with Crippen LogP contribution in [0.5, 0.6) is 0 Å². The van der Waals surface area contributed by atoms with E-state index in [9.17, 15) is 9.18 Å². The van der Waals surface area contributed by atoms with Crippen molar-refractivity contribution in [3.8, 4) is 11.8 Å². The van der Waals surface area contributed by atoms with Gasteiger partial charge in [0.15, 0.2) is 5.82 Å². The average Bonchev–Trinajstić information content (AvgIpc) is 2.27. The van der Waals surface area contributed by atoms with Crippen molar-refractivity contribution in [3.63, 3.8) is 0 Å². The van der Waals surface area contributed by atoms with Crippen LogP contribution in [-0.4, -0.2) is 18.2 Å². The quantitative estimate of drug-likeness (QED) is 0.803. The molecule has 1 rings (SSSR count). The smallest absolute Gasteiger partial charge is 0.408 e. The molecule has 0 heterocycles. The Kier molecular flexibility index (Phi) is 5.20. The molecule has 102 valence electrons. The normalized spacial score (nSPS) is 10.4. The van der Waals surface area contributed by atoms with E-state index in [1.54, 1.807) is 26.8 Å². The standard InChI is InChI=1S/C14H15ClFNO2/c1-14(2,3)19-13(18)17-9-5-7-10-6-4-8-11(15)12(10)16/h4,6,8H,9H2,1-3H3,(H,17,18). The van der Waals surface area contributed by atoms with Crippen LogP contribution >= 0.6 is 11.6 Å². The largest absolute Gasteiger partial charge is 0.444 e. The first-order chi connectivity index (χ1) is 8.79. The second-order valence-electron chi connectivity index (χ2n) is 4.76. The molecule has 0 radical (unpaired) electrons. The van der Waals surface area contributed by atoms with Gasteiger partial charge < -0.3 is 10.1 Å². The molecule has 0 spiro atoms. The van der Waals surface area contributed by atoms with Crippen LogP contribution in [0.15, 0.2) is 18.2 Å². The highest BCUT2D eigenvalue weighted by atomic mass is 35.5. The van der Waals surface area contributed by atoms with Gasteiger partial charge in [-0.05, 0) is 32.9 Å². The Morgan fingerprint density at radius 2 is 2.16 bits per heavy atom. The van der Waals surface area contributed by atoms with Gasteiger partial charge in [-0.3, -0.25) is 0 Å². The number of nitrogens with one attached hydrogen (secondary N) is 1. The minimum atomic E-state index is -0.562. The van der Waals surface area contributed by atoms with E-state index in [2.05, 4.69) is 17.2 Å². The van der Waals surface area contributed by atoms with Crippen molar-refractivity contribution in [1.29, 1.82) is 0 Å². The molecule has 0 aliphatic heterocycles. The Morgan fingerprint density at radius 3 is 2.79 bits per heavy atom. The summed E-state index contributed by atoms with van der Waals surface area (Å²) in [5.74, 6) is 4.66. The van der Waals surface area contributed by atoms with Crippen LogP contribution in [-0.2, 0) is 4.74 Å². The van der Waals surface area contributed by atoms with Gasteiger partial charge in [-0.1, -0.05) is 29.5 Å². The maximum Gasteiger partial charge on any atom is 0.408 e. The molecule has 0 aliphatic rings. The number of hydrogen-bond donors (Lipinski definition) is 1. The van der Waals surface area contributed by atoms with Crippen LogP contribution in [0.25, 0.3) is 0 Å². The third kappa shape index (κ3) is 5.62. The number of rotatable bonds is 1. The molecule has 0 aromatic heterocycles. The average molecular weight is 284 g/mol. The number of alkyl carbamates (subject to hydrolysis) is 1. The molecule has 0 aliphatic carbocycles. The van der Waals surface area contributed by atoms with Gasteiger partial charge in [0, 0.05) is 0 Å². The van der Waals surface area contributed by atoms with E-state index in [1.165, 1.54) is 12.1 Å². The first-order valence-corrected chi connectivity index (χ1v) is 6.07. The van der Waals surface area contributed by atoms with Gasteiger partial charge >= 0.3 is 6.09 Å². The van der Waals surface area contributed by atoms with Crippen molar-refractivity contribution in [3.05, 3.63) is 34.6 Å². The van der Waals surface area contributed by atoms with Crippen LogP contribution in [0.2, 0.25) is 5.02 Å². The number of hydrogen-bond acceptors (Lipinski definition) is 2. The van der Waals surface area contributed by atoms with Crippen molar-refractivity contribution in [1.82, 2.24) is 5.32 Å². The molecule has 5 heteroatoms. The zero-order chi connectivity index (χ0) is 14.5. The highest BCUT2D eigenvalue weighted by Gasteiger charge is 2.15. The fraction of sp³-hybridized carbons (Fsp3) is 0.357. The summed E-state index contributed by atoms with van der Waals surface area (Å²) in [4.78, 5) is 11.3. The van der Waals surface area contributed by atoms with Gasteiger partial charge in [-0.15, -0.1) is 0 Å². The molecule has 1 aromatic carbocycles. The van der Waals surface area contributed by atoms with Crippen molar-refractivity contribution in [2.75, 3.05) is 6.54 Å². The molecule has 0 atom stereocenters. The number of halogens is 2. The number of carbonyl (C=O) groups is 1. The van der Waals surface area contributed by atoms with Crippen LogP contribution in [0.3, 0.4) is 0 Å². The van der Waals surface area contributed by atoms with E-state index in [-0.39, 0.29) is 17.1 Å². The molecular formula is C14H15ClFNO2. The highest BCUT2D eigenvalue weighted by Crippen LogP contribution is 2.16. The summed E-state index contributed by atoms with van der Waals surface area (Å²) in [5, 5.41) is 2.47. The predicted molar refractivity (Wildman–Crippen MR) is 72.5 cm³/mol. The number of amides is 1. The summed E-state index contributed by atoms with van der Waals surface area (Å²) in [6, 6.07) is 4.57. The molecule has 0 bridgehead atoms. The SMILES string of the molecule is CC(C)(C)OC(=O)NCC#Cc1cccc(Cl)c1F. The molecule has 1 amide bonds. The first kappa shape index (κ1) is 15.3. The van der Waals surface area contributed by atoms with Crippen molar-refractivity contribution >= 4 is 17.7 Å². The molecule has 1 aromatic rings. The molecule has 3 nitrogen and oxygen atoms in total. The first-order valence-electron chi connectivity index (χ1n) is 5.69. The Hall–Kier alpha value is -1.73. The fourth-order valence-corrected chi connectivity index (χ4v) is 1.34. The Balaban J connectivity index is 2.53. The van der Waals surface area contributed by atoms with Gasteiger partial charge in [0.25, 0.3) is 0 Å². The second-order valence-corrected chi connectivity index (χ2v) is 5.17. The number of benzene rings is 1. The van der Waals surface area contributed by atoms with Gasteiger partial charge in [0.1, 0.15) is 5.60 Å². The van der Waals surface area contributed by atoms with Crippen molar-refractivity contribution in [2.45, 2.75) is 26.4 Å². The van der Waals surface area contributed by atoms with Crippen LogP contribution in [0.4, 0.5) is 9.18 Å². The maximum atomic E-state index is 13.5. The number of carbonyl (C=O) groups excluding carboxylic acids is 1. The minimum Gasteiger partial charge on any atom is -0.444 e. The predicted octanol–water partition coefficient (Wildman–Crippen LogP) is 3.36. The molecule has 1 N–H and O–H groups in total. The highest BCUT2D eigenvalue weighted by molar-refractivity contribution is 6.30. The van der Waals surface area contributed by atoms with Crippen molar-refractivity contribution in [2.24, 2.45) is 0 Å². The zero-order valence-corrected chi connectivity index (χ0v) is 11.8. The fourth-order valence-electron chi connectivity index (χ4n) is 1.17. The minimum absolute atomic E-state index is 0.0203. The van der Waals surface area contributed by atoms with E-state index >= 15 is 0 Å². The Bertz CT molecular complexity index is 526. The Morgan fingerprint density at radius 1 is 1.47 bits per heavy atom. The lowest BCUT2D eigenvalue weighted by Gasteiger charge is -2.18. The third-order valence-corrected chi connectivity index (χ3v) is 2.19. The molecule has 0 fully saturated rings. The summed E-state index contributed by atoms with van der Waals surface area (Å²) in [5.41, 5.74) is -0.366. The summed E-state index contributed by atoms with van der Waals surface area (Å²) < 4.78 is 18.5. The summed E-state index contributed by atoms with van der Waals surface area (Å²) in [7, 11) is 0. The maximum absolute atomic E-state index is 13.5. The van der Waals surface area contributed by atoms with Crippen LogP contribution in [0, 0.1) is 17.7 Å². The molecule has 0 saturated carbocycles. The lowest BCUT2D eigenvalue weighted by molar-refractivity contribution is 0.0535. The van der Waals surface area contributed by atoms with E-state index in [4.69, 9.17) is 16.3 Å². The van der Waals surface area contributed by atoms with Gasteiger partial charge in [0.05, 0.1) is 17.1 Å². The summed E-state index contributed by atoms with van der Waals surface area (Å²) in [6.07, 6.45) is -0.562. The van der Waals surface area contributed by atoms with E-state index < -0.39 is 17.5 Å². The van der Waals surface area contributed by atoms with Gasteiger partial charge in [-0.25, -0.2) is 9.18 Å². The number of ether oxygens (including phenoxy) is 1. The van der Waals surface area contributed by atoms with E-state index in [1.807, 2.05) is 0 Å². The van der Waals surface area contributed by atoms with E-state index in [0.29, 0.717) is 0 Å². The van der Waals surface area contributed by atoms with Crippen LogP contribution in [0.1, 0.15) is 26.3 Å². The van der Waals surface area contributed by atoms with E-state index in [0.717, 1.165) is 0 Å². The topological polar surface area (TPSA) is 38.3 Å². The molecule has 19 heavy (non-hydrogen) atoms. The zero-order valence-electron chi connectivity index (χ0n) is 11.0. The third-order valence-electron chi connectivity index (χ3n) is 1.89. The monoisotopic (exact) mass is 283 g/mol. The Labute approximate surface area is 117 Å². The molecule has 0 unspecified atom stereocenters. The molecular weight excluding hydrogens is 269 g/mol. The second kappa shape index (κ2) is 6.44. The summed E-state index contributed by atoms with van der Waals surface area (Å²) in [6.45, 7) is 5.36. The molecule has 0 saturated heterocycles. The van der Waals surface area contributed by atoms with Crippen LogP contribution < -0.4 is 5.32 Å². The lowest BCUT2D eigenvalue weighted by Crippen LogP contribution is -2.32.